The molecule has 0 aliphatic heterocycles. The lowest BCUT2D eigenvalue weighted by atomic mass is 10.2. The van der Waals surface area contributed by atoms with Gasteiger partial charge >= 0.3 is 6.09 Å². The molecule has 2 heterocycles. The van der Waals surface area contributed by atoms with Gasteiger partial charge in [-0.25, -0.2) is 9.78 Å². The summed E-state index contributed by atoms with van der Waals surface area (Å²) in [6, 6.07) is 7.55. The molecule has 0 bridgehead atoms. The molecule has 3 N–H and O–H groups in total. The van der Waals surface area contributed by atoms with E-state index in [9.17, 15) is 4.79 Å². The van der Waals surface area contributed by atoms with Crippen LogP contribution < -0.4 is 15.5 Å². The number of amides is 1. The predicted octanol–water partition coefficient (Wildman–Crippen LogP) is 3.51. The number of methoxy groups -OCH3 is 1. The van der Waals surface area contributed by atoms with Crippen LogP contribution in [0, 0.1) is 13.8 Å². The van der Waals surface area contributed by atoms with Crippen LogP contribution >= 0.6 is 0 Å². The second-order valence-corrected chi connectivity index (χ2v) is 6.06. The van der Waals surface area contributed by atoms with E-state index in [0.717, 1.165) is 16.9 Å². The first-order valence-electron chi connectivity index (χ1n) is 8.26. The number of carbonyl (C=O) groups excluding carboxylic acids is 1. The van der Waals surface area contributed by atoms with Crippen molar-refractivity contribution < 1.29 is 9.53 Å². The van der Waals surface area contributed by atoms with Crippen LogP contribution in [0.1, 0.15) is 11.3 Å². The van der Waals surface area contributed by atoms with E-state index in [1.54, 1.807) is 19.4 Å². The fraction of sp³-hybridized carbons (Fsp3) is 0.222. The third-order valence-electron chi connectivity index (χ3n) is 3.77. The molecule has 0 aliphatic carbocycles. The summed E-state index contributed by atoms with van der Waals surface area (Å²) < 4.78 is 4.77. The van der Waals surface area contributed by atoms with E-state index in [1.807, 2.05) is 38.1 Å². The fourth-order valence-corrected chi connectivity index (χ4v) is 2.52. The van der Waals surface area contributed by atoms with Gasteiger partial charge in [-0.3, -0.25) is 15.0 Å². The lowest BCUT2D eigenvalue weighted by molar-refractivity contribution is 0.180. The van der Waals surface area contributed by atoms with E-state index >= 15 is 0 Å². The maximum Gasteiger partial charge on any atom is 0.413 e. The van der Waals surface area contributed by atoms with Gasteiger partial charge in [0.1, 0.15) is 0 Å². The highest BCUT2D eigenvalue weighted by molar-refractivity contribution is 5.88. The van der Waals surface area contributed by atoms with Crippen molar-refractivity contribution >= 4 is 34.9 Å². The second kappa shape index (κ2) is 7.73. The molecule has 0 spiro atoms. The van der Waals surface area contributed by atoms with Crippen molar-refractivity contribution in [1.82, 2.24) is 20.2 Å². The summed E-state index contributed by atoms with van der Waals surface area (Å²) in [5.41, 5.74) is 3.42. The summed E-state index contributed by atoms with van der Waals surface area (Å²) in [7, 11) is 3.00. The van der Waals surface area contributed by atoms with E-state index < -0.39 is 6.09 Å². The molecule has 140 valence electrons. The normalized spacial score (nSPS) is 10.4. The van der Waals surface area contributed by atoms with Crippen molar-refractivity contribution in [3.63, 3.8) is 0 Å². The van der Waals surface area contributed by atoms with Crippen molar-refractivity contribution in [2.45, 2.75) is 13.8 Å². The number of aryl methyl sites for hydroxylation is 2. The Morgan fingerprint density at radius 1 is 1.07 bits per heavy atom. The minimum atomic E-state index is -0.438. The molecule has 0 saturated carbocycles. The number of benzene rings is 1. The summed E-state index contributed by atoms with van der Waals surface area (Å²) in [4.78, 5) is 21.9. The number of hydrogen-bond acceptors (Lipinski definition) is 7. The van der Waals surface area contributed by atoms with Crippen molar-refractivity contribution in [2.75, 3.05) is 29.7 Å². The van der Waals surface area contributed by atoms with Gasteiger partial charge in [0.2, 0.25) is 0 Å². The van der Waals surface area contributed by atoms with Gasteiger partial charge in [0.15, 0.2) is 17.5 Å². The number of carbonyl (C=O) groups is 1. The van der Waals surface area contributed by atoms with Gasteiger partial charge in [0.05, 0.1) is 19.5 Å². The lowest BCUT2D eigenvalue weighted by Gasteiger charge is -2.18. The largest absolute Gasteiger partial charge is 0.452 e. The van der Waals surface area contributed by atoms with E-state index in [2.05, 4.69) is 30.8 Å². The Hall–Kier alpha value is -3.62. The molecular formula is C18H21N7O2. The van der Waals surface area contributed by atoms with Crippen LogP contribution in [-0.2, 0) is 4.74 Å². The molecule has 2 aromatic heterocycles. The minimum Gasteiger partial charge on any atom is -0.452 e. The zero-order chi connectivity index (χ0) is 19.4. The quantitative estimate of drug-likeness (QED) is 0.633. The smallest absolute Gasteiger partial charge is 0.413 e. The molecule has 0 saturated heterocycles. The highest BCUT2D eigenvalue weighted by Gasteiger charge is 2.12. The van der Waals surface area contributed by atoms with Crippen molar-refractivity contribution in [3.8, 4) is 0 Å². The number of H-pyrrole nitrogens is 1. The number of aromatic amines is 1. The van der Waals surface area contributed by atoms with Crippen LogP contribution in [0.4, 0.5) is 33.6 Å². The first-order valence-corrected chi connectivity index (χ1v) is 8.26. The molecule has 0 unspecified atom stereocenters. The van der Waals surface area contributed by atoms with Crippen LogP contribution in [0.3, 0.4) is 0 Å². The van der Waals surface area contributed by atoms with Gasteiger partial charge in [-0.2, -0.15) is 5.10 Å². The number of anilines is 5. The Balaban J connectivity index is 1.79. The van der Waals surface area contributed by atoms with Crippen molar-refractivity contribution in [2.24, 2.45) is 0 Å². The molecule has 1 amide bonds. The Morgan fingerprint density at radius 3 is 2.48 bits per heavy atom. The number of aromatic nitrogens is 4. The molecule has 9 heteroatoms. The topological polar surface area (TPSA) is 108 Å². The SMILES string of the molecule is COC(=O)N(C)c1cc(C)cc(Nc2cncc(Nc3cc(C)[nH]n3)n2)c1. The summed E-state index contributed by atoms with van der Waals surface area (Å²) >= 11 is 0. The molecule has 27 heavy (non-hydrogen) atoms. The van der Waals surface area contributed by atoms with Crippen LogP contribution in [0.25, 0.3) is 0 Å². The van der Waals surface area contributed by atoms with Gasteiger partial charge in [0.25, 0.3) is 0 Å². The Bertz CT molecular complexity index is 954. The fourth-order valence-electron chi connectivity index (χ4n) is 2.52. The maximum atomic E-state index is 11.8. The Morgan fingerprint density at radius 2 is 1.81 bits per heavy atom. The van der Waals surface area contributed by atoms with Gasteiger partial charge in [-0.15, -0.1) is 0 Å². The number of nitrogens with zero attached hydrogens (tertiary/aromatic N) is 4. The summed E-state index contributed by atoms with van der Waals surface area (Å²) in [5, 5.41) is 13.3. The molecule has 1 aromatic carbocycles. The van der Waals surface area contributed by atoms with Gasteiger partial charge in [-0.05, 0) is 37.6 Å². The third kappa shape index (κ3) is 4.51. The average Bonchev–Trinajstić information content (AvgIpc) is 3.05. The van der Waals surface area contributed by atoms with Crippen molar-refractivity contribution in [3.05, 3.63) is 47.9 Å². The van der Waals surface area contributed by atoms with Crippen LogP contribution in [0.2, 0.25) is 0 Å². The first kappa shape index (κ1) is 18.2. The van der Waals surface area contributed by atoms with Gasteiger partial charge in [0, 0.05) is 30.2 Å². The highest BCUT2D eigenvalue weighted by atomic mass is 16.5. The Kier molecular flexibility index (Phi) is 5.20. The lowest BCUT2D eigenvalue weighted by Crippen LogP contribution is -2.25. The number of rotatable bonds is 5. The molecule has 0 fully saturated rings. The van der Waals surface area contributed by atoms with Gasteiger partial charge < -0.3 is 15.4 Å². The predicted molar refractivity (Wildman–Crippen MR) is 104 cm³/mol. The molecular weight excluding hydrogens is 346 g/mol. The third-order valence-corrected chi connectivity index (χ3v) is 3.77. The molecule has 0 aliphatic rings. The molecule has 3 aromatic rings. The molecule has 3 rings (SSSR count). The molecule has 9 nitrogen and oxygen atoms in total. The average molecular weight is 367 g/mol. The highest BCUT2D eigenvalue weighted by Crippen LogP contribution is 2.24. The first-order chi connectivity index (χ1) is 12.9. The van der Waals surface area contributed by atoms with E-state index in [0.29, 0.717) is 23.1 Å². The Labute approximate surface area is 156 Å². The molecule has 0 radical (unpaired) electrons. The summed E-state index contributed by atoms with van der Waals surface area (Å²) in [6.07, 6.45) is 2.79. The monoisotopic (exact) mass is 367 g/mol. The summed E-state index contributed by atoms with van der Waals surface area (Å²) in [6.45, 7) is 3.87. The molecule has 0 atom stereocenters. The number of hydrogen-bond donors (Lipinski definition) is 3. The van der Waals surface area contributed by atoms with Crippen LogP contribution in [0.5, 0.6) is 0 Å². The maximum absolute atomic E-state index is 11.8. The van der Waals surface area contributed by atoms with E-state index in [-0.39, 0.29) is 0 Å². The summed E-state index contributed by atoms with van der Waals surface area (Å²) in [5.74, 6) is 1.78. The number of ether oxygens (including phenoxy) is 1. The van der Waals surface area contributed by atoms with Gasteiger partial charge in [-0.1, -0.05) is 0 Å². The second-order valence-electron chi connectivity index (χ2n) is 6.06. The van der Waals surface area contributed by atoms with E-state index in [4.69, 9.17) is 4.74 Å². The van der Waals surface area contributed by atoms with E-state index in [1.165, 1.54) is 12.0 Å². The van der Waals surface area contributed by atoms with Crippen LogP contribution in [-0.4, -0.2) is 40.4 Å². The zero-order valence-electron chi connectivity index (χ0n) is 15.6. The number of nitrogens with one attached hydrogen (secondary N) is 3. The van der Waals surface area contributed by atoms with Crippen LogP contribution in [0.15, 0.2) is 36.7 Å². The minimum absolute atomic E-state index is 0.438. The zero-order valence-corrected chi connectivity index (χ0v) is 15.6. The standard InChI is InChI=1S/C18H21N7O2/c1-11-5-13(8-14(6-11)25(3)18(26)27-4)20-16-9-19-10-17(22-16)21-15-7-12(2)23-24-15/h5-10H,1-4H3,(H3,20,21,22,23,24). The van der Waals surface area contributed by atoms with Crippen molar-refractivity contribution in [1.29, 1.82) is 0 Å².